The van der Waals surface area contributed by atoms with Crippen molar-refractivity contribution in [2.24, 2.45) is 0 Å². The smallest absolute Gasteiger partial charge is 0.248 e. The van der Waals surface area contributed by atoms with E-state index >= 15 is 0 Å². The Labute approximate surface area is 118 Å². The predicted molar refractivity (Wildman–Crippen MR) is 74.2 cm³/mol. The summed E-state index contributed by atoms with van der Waals surface area (Å²) in [5.41, 5.74) is 5.61. The molecule has 1 saturated heterocycles. The van der Waals surface area contributed by atoms with Crippen molar-refractivity contribution in [3.05, 3.63) is 24.0 Å². The molecule has 1 aromatic rings. The van der Waals surface area contributed by atoms with Crippen molar-refractivity contribution in [2.75, 3.05) is 31.9 Å². The van der Waals surface area contributed by atoms with E-state index in [9.17, 15) is 12.8 Å². The standard InChI is InChI=1S/C13H18FN3O2S/c14-11-2-1-3-12(15)13(11)20(18,19)17-8-6-16(7-9-17)10-4-5-10/h1-3,10H,4-9,15H2. The minimum atomic E-state index is -3.85. The zero-order chi connectivity index (χ0) is 14.3. The topological polar surface area (TPSA) is 66.6 Å². The number of piperazine rings is 1. The Bertz CT molecular complexity index is 588. The van der Waals surface area contributed by atoms with Crippen molar-refractivity contribution >= 4 is 15.7 Å². The maximum Gasteiger partial charge on any atom is 0.248 e. The molecule has 0 amide bonds. The lowest BCUT2D eigenvalue weighted by molar-refractivity contribution is 0.180. The zero-order valence-electron chi connectivity index (χ0n) is 11.1. The largest absolute Gasteiger partial charge is 0.398 e. The van der Waals surface area contributed by atoms with E-state index in [0.29, 0.717) is 32.2 Å². The van der Waals surface area contributed by atoms with Crippen molar-refractivity contribution in [1.82, 2.24) is 9.21 Å². The van der Waals surface area contributed by atoms with Crippen LogP contribution in [-0.2, 0) is 10.0 Å². The third kappa shape index (κ3) is 2.41. The second-order valence-corrected chi connectivity index (χ2v) is 7.20. The van der Waals surface area contributed by atoms with Gasteiger partial charge in [0.1, 0.15) is 10.7 Å². The van der Waals surface area contributed by atoms with Gasteiger partial charge in [-0.05, 0) is 25.0 Å². The van der Waals surface area contributed by atoms with E-state index in [2.05, 4.69) is 4.90 Å². The first-order valence-corrected chi connectivity index (χ1v) is 8.22. The number of sulfonamides is 1. The Balaban J connectivity index is 1.82. The molecule has 2 N–H and O–H groups in total. The van der Waals surface area contributed by atoms with Crippen molar-refractivity contribution in [1.29, 1.82) is 0 Å². The van der Waals surface area contributed by atoms with E-state index in [0.717, 1.165) is 6.07 Å². The van der Waals surface area contributed by atoms with Gasteiger partial charge in [0.15, 0.2) is 0 Å². The van der Waals surface area contributed by atoms with Gasteiger partial charge in [0.05, 0.1) is 5.69 Å². The molecular formula is C13H18FN3O2S. The minimum absolute atomic E-state index is 0.0328. The van der Waals surface area contributed by atoms with Gasteiger partial charge < -0.3 is 5.73 Å². The van der Waals surface area contributed by atoms with Gasteiger partial charge in [-0.15, -0.1) is 0 Å². The third-order valence-corrected chi connectivity index (χ3v) is 5.92. The number of nitrogen functional groups attached to an aromatic ring is 1. The Kier molecular flexibility index (Phi) is 3.43. The number of hydrogen-bond acceptors (Lipinski definition) is 4. The summed E-state index contributed by atoms with van der Waals surface area (Å²) in [4.78, 5) is 1.91. The van der Waals surface area contributed by atoms with Crippen LogP contribution in [-0.4, -0.2) is 49.8 Å². The molecule has 110 valence electrons. The molecule has 0 aromatic heterocycles. The summed E-state index contributed by atoms with van der Waals surface area (Å²) >= 11 is 0. The molecule has 0 spiro atoms. The molecule has 5 nitrogen and oxygen atoms in total. The molecule has 0 unspecified atom stereocenters. The highest BCUT2D eigenvalue weighted by Gasteiger charge is 2.36. The molecule has 7 heteroatoms. The van der Waals surface area contributed by atoms with Crippen molar-refractivity contribution in [3.8, 4) is 0 Å². The molecule has 1 aromatic carbocycles. The molecule has 2 fully saturated rings. The normalized spacial score (nSPS) is 22.1. The Morgan fingerprint density at radius 1 is 1.15 bits per heavy atom. The van der Waals surface area contributed by atoms with Crippen LogP contribution < -0.4 is 5.73 Å². The van der Waals surface area contributed by atoms with E-state index in [1.807, 2.05) is 0 Å². The summed E-state index contributed by atoms with van der Waals surface area (Å²) in [7, 11) is -3.85. The highest BCUT2D eigenvalue weighted by molar-refractivity contribution is 7.89. The van der Waals surface area contributed by atoms with Crippen LogP contribution in [0.15, 0.2) is 23.1 Å². The van der Waals surface area contributed by atoms with Crippen molar-refractivity contribution in [3.63, 3.8) is 0 Å². The summed E-state index contributed by atoms with van der Waals surface area (Å²) in [5.74, 6) is -0.783. The van der Waals surface area contributed by atoms with Crippen LogP contribution in [0.5, 0.6) is 0 Å². The quantitative estimate of drug-likeness (QED) is 0.841. The molecular weight excluding hydrogens is 281 g/mol. The van der Waals surface area contributed by atoms with E-state index in [1.54, 1.807) is 0 Å². The fraction of sp³-hybridized carbons (Fsp3) is 0.538. The minimum Gasteiger partial charge on any atom is -0.398 e. The molecule has 0 atom stereocenters. The molecule has 1 saturated carbocycles. The first kappa shape index (κ1) is 13.8. The maximum absolute atomic E-state index is 13.8. The lowest BCUT2D eigenvalue weighted by Crippen LogP contribution is -2.49. The number of benzene rings is 1. The van der Waals surface area contributed by atoms with Crippen LogP contribution in [0.2, 0.25) is 0 Å². The maximum atomic E-state index is 13.8. The molecule has 0 radical (unpaired) electrons. The van der Waals surface area contributed by atoms with Gasteiger partial charge in [-0.2, -0.15) is 4.31 Å². The van der Waals surface area contributed by atoms with Crippen LogP contribution in [0, 0.1) is 5.82 Å². The Hall–Kier alpha value is -1.18. The number of nitrogens with two attached hydrogens (primary N) is 1. The van der Waals surface area contributed by atoms with E-state index in [1.165, 1.54) is 29.3 Å². The number of nitrogens with zero attached hydrogens (tertiary/aromatic N) is 2. The van der Waals surface area contributed by atoms with Crippen LogP contribution in [0.25, 0.3) is 0 Å². The molecule has 2 aliphatic rings. The monoisotopic (exact) mass is 299 g/mol. The molecule has 1 aliphatic carbocycles. The summed E-state index contributed by atoms with van der Waals surface area (Å²) < 4.78 is 40.2. The Morgan fingerprint density at radius 2 is 1.80 bits per heavy atom. The predicted octanol–water partition coefficient (Wildman–Crippen LogP) is 0.877. The number of halogens is 1. The lowest BCUT2D eigenvalue weighted by atomic mass is 10.3. The van der Waals surface area contributed by atoms with Crippen LogP contribution in [0.1, 0.15) is 12.8 Å². The summed E-state index contributed by atoms with van der Waals surface area (Å²) in [6, 6.07) is 4.58. The van der Waals surface area contributed by atoms with Gasteiger partial charge in [-0.1, -0.05) is 6.07 Å². The van der Waals surface area contributed by atoms with Gasteiger partial charge in [0.2, 0.25) is 10.0 Å². The molecule has 20 heavy (non-hydrogen) atoms. The zero-order valence-corrected chi connectivity index (χ0v) is 11.9. The van der Waals surface area contributed by atoms with Crippen LogP contribution in [0.3, 0.4) is 0 Å². The third-order valence-electron chi connectivity index (χ3n) is 3.93. The highest BCUT2D eigenvalue weighted by Crippen LogP contribution is 2.30. The van der Waals surface area contributed by atoms with Gasteiger partial charge in [-0.3, -0.25) is 4.90 Å². The second kappa shape index (κ2) is 4.98. The van der Waals surface area contributed by atoms with E-state index in [4.69, 9.17) is 5.73 Å². The average Bonchev–Trinajstić information content (AvgIpc) is 3.22. The van der Waals surface area contributed by atoms with Gasteiger partial charge >= 0.3 is 0 Å². The van der Waals surface area contributed by atoms with Crippen molar-refractivity contribution in [2.45, 2.75) is 23.8 Å². The van der Waals surface area contributed by atoms with Crippen LogP contribution >= 0.6 is 0 Å². The lowest BCUT2D eigenvalue weighted by Gasteiger charge is -2.34. The summed E-state index contributed by atoms with van der Waals surface area (Å²) in [6.45, 7) is 2.20. The van der Waals surface area contributed by atoms with E-state index in [-0.39, 0.29) is 10.6 Å². The van der Waals surface area contributed by atoms with Gasteiger partial charge in [-0.25, -0.2) is 12.8 Å². The van der Waals surface area contributed by atoms with E-state index < -0.39 is 15.8 Å². The fourth-order valence-corrected chi connectivity index (χ4v) is 4.26. The molecule has 1 heterocycles. The van der Waals surface area contributed by atoms with Crippen molar-refractivity contribution < 1.29 is 12.8 Å². The van der Waals surface area contributed by atoms with Gasteiger partial charge in [0, 0.05) is 32.2 Å². The van der Waals surface area contributed by atoms with Gasteiger partial charge in [0.25, 0.3) is 0 Å². The van der Waals surface area contributed by atoms with Crippen LogP contribution in [0.4, 0.5) is 10.1 Å². The average molecular weight is 299 g/mol. The molecule has 0 bridgehead atoms. The first-order chi connectivity index (χ1) is 9.50. The number of hydrogen-bond donors (Lipinski definition) is 1. The second-order valence-electron chi connectivity index (χ2n) is 5.33. The first-order valence-electron chi connectivity index (χ1n) is 6.78. The summed E-state index contributed by atoms with van der Waals surface area (Å²) in [6.07, 6.45) is 2.40. The summed E-state index contributed by atoms with van der Waals surface area (Å²) in [5, 5.41) is 0. The number of rotatable bonds is 3. The SMILES string of the molecule is Nc1cccc(F)c1S(=O)(=O)N1CCN(C2CC2)CC1. The molecule has 3 rings (SSSR count). The fourth-order valence-electron chi connectivity index (χ4n) is 2.68. The Morgan fingerprint density at radius 3 is 2.35 bits per heavy atom. The highest BCUT2D eigenvalue weighted by atomic mass is 32.2. The number of anilines is 1. The molecule has 1 aliphatic heterocycles.